The third kappa shape index (κ3) is 5.57. The number of hydrogen-bond acceptors (Lipinski definition) is 6. The molecule has 0 radical (unpaired) electrons. The molecule has 1 aliphatic heterocycles. The first-order valence-electron chi connectivity index (χ1n) is 9.29. The fourth-order valence-corrected chi connectivity index (χ4v) is 3.64. The van der Waals surface area contributed by atoms with E-state index in [1.807, 2.05) is 12.1 Å². The van der Waals surface area contributed by atoms with Crippen molar-refractivity contribution in [1.29, 1.82) is 0 Å². The summed E-state index contributed by atoms with van der Waals surface area (Å²) in [5, 5.41) is 3.18. The molecule has 2 aromatic rings. The first-order chi connectivity index (χ1) is 14.7. The molecule has 0 bridgehead atoms. The number of nitrogens with one attached hydrogen (secondary N) is 1. The summed E-state index contributed by atoms with van der Waals surface area (Å²) in [7, 11) is 1.30. The first kappa shape index (κ1) is 23.1. The predicted molar refractivity (Wildman–Crippen MR) is 117 cm³/mol. The van der Waals surface area contributed by atoms with Gasteiger partial charge in [0.05, 0.1) is 18.2 Å². The number of hydrogen-bond donors (Lipinski definition) is 2. The van der Waals surface area contributed by atoms with E-state index >= 15 is 0 Å². The fraction of sp³-hybridized carbons (Fsp3) is 0.227. The van der Waals surface area contributed by atoms with Gasteiger partial charge in [-0.1, -0.05) is 41.4 Å². The zero-order valence-electron chi connectivity index (χ0n) is 16.8. The molecule has 1 aliphatic rings. The molecule has 2 aromatic carbocycles. The molecule has 9 heteroatoms. The summed E-state index contributed by atoms with van der Waals surface area (Å²) in [5.74, 6) is -1.85. The van der Waals surface area contributed by atoms with Crippen LogP contribution in [0.1, 0.15) is 24.2 Å². The average molecular weight is 467 g/mol. The van der Waals surface area contributed by atoms with Gasteiger partial charge in [0.15, 0.2) is 6.61 Å². The second-order valence-electron chi connectivity index (χ2n) is 6.78. The minimum Gasteiger partial charge on any atom is -0.482 e. The standard InChI is InChI=1S/C22H21Cl2FN2O4/c1-13(20-17(23)7-8-18(25)21(20)24)31-22(26)10-9-15(11-27-22)14-3-5-16(6-4-14)30-12-19(28)29-2/h3-11,13,27H,12,26H2,1-2H3. The van der Waals surface area contributed by atoms with E-state index in [-0.39, 0.29) is 16.7 Å². The third-order valence-corrected chi connectivity index (χ3v) is 5.31. The molecule has 0 spiro atoms. The zero-order chi connectivity index (χ0) is 22.6. The Balaban J connectivity index is 1.66. The van der Waals surface area contributed by atoms with Crippen LogP contribution in [-0.4, -0.2) is 25.5 Å². The molecule has 2 atom stereocenters. The van der Waals surface area contributed by atoms with E-state index in [0.717, 1.165) is 11.1 Å². The van der Waals surface area contributed by atoms with Crippen molar-refractivity contribution in [2.45, 2.75) is 18.9 Å². The van der Waals surface area contributed by atoms with Gasteiger partial charge in [-0.25, -0.2) is 9.18 Å². The highest BCUT2D eigenvalue weighted by atomic mass is 35.5. The SMILES string of the molecule is COC(=O)COc1ccc(C2=CNC(N)(OC(C)c3c(Cl)ccc(F)c3Cl)C=C2)cc1. The van der Waals surface area contributed by atoms with Gasteiger partial charge in [0, 0.05) is 16.8 Å². The highest BCUT2D eigenvalue weighted by molar-refractivity contribution is 6.36. The summed E-state index contributed by atoms with van der Waals surface area (Å²) in [5.41, 5.74) is 8.33. The van der Waals surface area contributed by atoms with Crippen molar-refractivity contribution in [3.63, 3.8) is 0 Å². The van der Waals surface area contributed by atoms with E-state index in [0.29, 0.717) is 11.3 Å². The van der Waals surface area contributed by atoms with Gasteiger partial charge in [0.25, 0.3) is 0 Å². The normalized spacial score (nSPS) is 18.7. The smallest absolute Gasteiger partial charge is 0.343 e. The Labute approximate surface area is 189 Å². The minimum absolute atomic E-state index is 0.103. The molecule has 0 amide bonds. The quantitative estimate of drug-likeness (QED) is 0.353. The molecule has 0 saturated heterocycles. The van der Waals surface area contributed by atoms with Crippen LogP contribution in [0.5, 0.6) is 5.75 Å². The molecule has 3 N–H and O–H groups in total. The maximum absolute atomic E-state index is 13.8. The second-order valence-corrected chi connectivity index (χ2v) is 7.56. The Hall–Kier alpha value is -2.58. The van der Waals surface area contributed by atoms with Crippen LogP contribution in [-0.2, 0) is 14.3 Å². The molecule has 3 rings (SSSR count). The molecule has 164 valence electrons. The van der Waals surface area contributed by atoms with Gasteiger partial charge in [0.2, 0.25) is 5.85 Å². The lowest BCUT2D eigenvalue weighted by Gasteiger charge is -2.33. The van der Waals surface area contributed by atoms with Crippen LogP contribution in [0.3, 0.4) is 0 Å². The number of benzene rings is 2. The number of dihydropyridines is 1. The number of allylic oxidation sites excluding steroid dienone is 2. The van der Waals surface area contributed by atoms with E-state index in [1.165, 1.54) is 19.2 Å². The predicted octanol–water partition coefficient (Wildman–Crippen LogP) is 4.57. The number of carbonyl (C=O) groups excluding carboxylic acids is 1. The number of halogens is 3. The Morgan fingerprint density at radius 3 is 2.55 bits per heavy atom. The van der Waals surface area contributed by atoms with Crippen LogP contribution < -0.4 is 15.8 Å². The van der Waals surface area contributed by atoms with Crippen molar-refractivity contribution in [2.24, 2.45) is 5.73 Å². The molecule has 31 heavy (non-hydrogen) atoms. The fourth-order valence-electron chi connectivity index (χ4n) is 2.96. The van der Waals surface area contributed by atoms with Gasteiger partial charge >= 0.3 is 5.97 Å². The minimum atomic E-state index is -1.34. The van der Waals surface area contributed by atoms with Crippen LogP contribution in [0.25, 0.3) is 5.57 Å². The largest absolute Gasteiger partial charge is 0.482 e. The van der Waals surface area contributed by atoms with Crippen LogP contribution in [0.2, 0.25) is 10.0 Å². The average Bonchev–Trinajstić information content (AvgIpc) is 2.75. The van der Waals surface area contributed by atoms with E-state index in [9.17, 15) is 9.18 Å². The zero-order valence-corrected chi connectivity index (χ0v) is 18.3. The summed E-state index contributed by atoms with van der Waals surface area (Å²) in [6.45, 7) is 1.52. The number of carbonyl (C=O) groups is 1. The number of rotatable bonds is 7. The number of ether oxygens (including phenoxy) is 3. The molecule has 1 heterocycles. The van der Waals surface area contributed by atoms with Gasteiger partial charge in [-0.05, 0) is 48.4 Å². The Kier molecular flexibility index (Phi) is 7.23. The number of nitrogens with two attached hydrogens (primary N) is 1. The lowest BCUT2D eigenvalue weighted by Crippen LogP contribution is -2.53. The molecule has 6 nitrogen and oxygen atoms in total. The van der Waals surface area contributed by atoms with E-state index in [1.54, 1.807) is 37.4 Å². The van der Waals surface area contributed by atoms with Crippen molar-refractivity contribution in [2.75, 3.05) is 13.7 Å². The summed E-state index contributed by atoms with van der Waals surface area (Å²) in [4.78, 5) is 11.2. The molecule has 0 aliphatic carbocycles. The van der Waals surface area contributed by atoms with E-state index in [4.69, 9.17) is 38.4 Å². The number of methoxy groups -OCH3 is 1. The first-order valence-corrected chi connectivity index (χ1v) is 10.1. The second kappa shape index (κ2) is 9.70. The molecular formula is C22H21Cl2FN2O4. The lowest BCUT2D eigenvalue weighted by molar-refractivity contribution is -0.142. The molecule has 2 unspecified atom stereocenters. The van der Waals surface area contributed by atoms with Crippen molar-refractivity contribution >= 4 is 34.7 Å². The van der Waals surface area contributed by atoms with Gasteiger partial charge in [0.1, 0.15) is 11.6 Å². The van der Waals surface area contributed by atoms with Crippen molar-refractivity contribution < 1.29 is 23.4 Å². The lowest BCUT2D eigenvalue weighted by atomic mass is 10.0. The van der Waals surface area contributed by atoms with Gasteiger partial charge in [-0.2, -0.15) is 0 Å². The molecule has 0 saturated carbocycles. The van der Waals surface area contributed by atoms with Crippen molar-refractivity contribution in [3.05, 3.63) is 81.7 Å². The van der Waals surface area contributed by atoms with E-state index < -0.39 is 23.7 Å². The van der Waals surface area contributed by atoms with Crippen LogP contribution in [0.4, 0.5) is 4.39 Å². The summed E-state index contributed by atoms with van der Waals surface area (Å²) in [6, 6.07) is 9.77. The van der Waals surface area contributed by atoms with Crippen LogP contribution in [0, 0.1) is 5.82 Å². The molecule has 0 aromatic heterocycles. The van der Waals surface area contributed by atoms with Crippen molar-refractivity contribution in [1.82, 2.24) is 5.32 Å². The highest BCUT2D eigenvalue weighted by Gasteiger charge is 2.29. The van der Waals surface area contributed by atoms with Gasteiger partial charge in [-0.15, -0.1) is 0 Å². The Morgan fingerprint density at radius 1 is 1.23 bits per heavy atom. The summed E-state index contributed by atoms with van der Waals surface area (Å²) in [6.07, 6.45) is 4.45. The third-order valence-electron chi connectivity index (χ3n) is 4.59. The van der Waals surface area contributed by atoms with Crippen LogP contribution in [0.15, 0.2) is 54.8 Å². The molecular weight excluding hydrogens is 446 g/mol. The Bertz CT molecular complexity index is 1030. The number of esters is 1. The molecule has 0 fully saturated rings. The topological polar surface area (TPSA) is 82.8 Å². The van der Waals surface area contributed by atoms with Crippen molar-refractivity contribution in [3.8, 4) is 5.75 Å². The van der Waals surface area contributed by atoms with Gasteiger partial charge < -0.3 is 19.5 Å². The summed E-state index contributed by atoms with van der Waals surface area (Å²) < 4.78 is 29.6. The Morgan fingerprint density at radius 2 is 1.94 bits per heavy atom. The maximum atomic E-state index is 13.8. The van der Waals surface area contributed by atoms with E-state index in [2.05, 4.69) is 10.1 Å². The van der Waals surface area contributed by atoms with Gasteiger partial charge in [-0.3, -0.25) is 5.73 Å². The summed E-state index contributed by atoms with van der Waals surface area (Å²) >= 11 is 12.2. The highest BCUT2D eigenvalue weighted by Crippen LogP contribution is 2.36. The van der Waals surface area contributed by atoms with Crippen LogP contribution >= 0.6 is 23.2 Å². The maximum Gasteiger partial charge on any atom is 0.343 e. The monoisotopic (exact) mass is 466 g/mol.